The van der Waals surface area contributed by atoms with Gasteiger partial charge in [-0.1, -0.05) is 18.2 Å². The third-order valence-electron chi connectivity index (χ3n) is 2.88. The highest BCUT2D eigenvalue weighted by Crippen LogP contribution is 2.31. The molecule has 1 atom stereocenters. The van der Waals surface area contributed by atoms with Crippen molar-refractivity contribution < 1.29 is 14.6 Å². The number of hydrogen-bond donors (Lipinski definition) is 2. The molecule has 4 heteroatoms. The van der Waals surface area contributed by atoms with Crippen LogP contribution in [0.3, 0.4) is 0 Å². The van der Waals surface area contributed by atoms with E-state index in [2.05, 4.69) is 0 Å². The summed E-state index contributed by atoms with van der Waals surface area (Å²) in [6.07, 6.45) is 2.37. The first-order valence-electron chi connectivity index (χ1n) is 5.86. The highest BCUT2D eigenvalue weighted by atomic mass is 16.5. The molecule has 0 saturated heterocycles. The second-order valence-corrected chi connectivity index (χ2v) is 4.50. The smallest absolute Gasteiger partial charge is 0.305 e. The summed E-state index contributed by atoms with van der Waals surface area (Å²) in [6.45, 7) is 0.705. The molecule has 0 aromatic heterocycles. The van der Waals surface area contributed by atoms with Crippen molar-refractivity contribution >= 4 is 5.97 Å². The van der Waals surface area contributed by atoms with E-state index in [0.717, 1.165) is 5.56 Å². The van der Waals surface area contributed by atoms with Crippen LogP contribution >= 0.6 is 0 Å². The molecule has 1 aromatic rings. The van der Waals surface area contributed by atoms with Crippen LogP contribution in [-0.2, 0) is 4.79 Å². The maximum absolute atomic E-state index is 10.6. The third-order valence-corrected chi connectivity index (χ3v) is 2.88. The Bertz CT molecular complexity index is 401. The number of ether oxygens (including phenoxy) is 1. The van der Waals surface area contributed by atoms with Crippen molar-refractivity contribution in [1.82, 2.24) is 0 Å². The molecule has 3 N–H and O–H groups in total. The van der Waals surface area contributed by atoms with Crippen molar-refractivity contribution in [2.75, 3.05) is 6.61 Å². The molecule has 1 aromatic carbocycles. The van der Waals surface area contributed by atoms with Gasteiger partial charge in [0.2, 0.25) is 0 Å². The van der Waals surface area contributed by atoms with Gasteiger partial charge in [0.05, 0.1) is 13.0 Å². The van der Waals surface area contributed by atoms with E-state index >= 15 is 0 Å². The minimum absolute atomic E-state index is 0.0796. The number of aliphatic carboxylic acids is 1. The lowest BCUT2D eigenvalue weighted by atomic mass is 10.0. The van der Waals surface area contributed by atoms with Crippen molar-refractivity contribution in [2.24, 2.45) is 11.7 Å². The zero-order valence-electron chi connectivity index (χ0n) is 9.63. The lowest BCUT2D eigenvalue weighted by Crippen LogP contribution is -2.16. The van der Waals surface area contributed by atoms with Crippen molar-refractivity contribution in [3.63, 3.8) is 0 Å². The van der Waals surface area contributed by atoms with E-state index in [1.54, 1.807) is 0 Å². The maximum Gasteiger partial charge on any atom is 0.305 e. The standard InChI is InChI=1S/C13H17NO3/c14-11(7-13(15)16)10-3-1-2-4-12(10)17-8-9-5-6-9/h1-4,9,11H,5-8,14H2,(H,15,16). The SMILES string of the molecule is NC(CC(=O)O)c1ccccc1OCC1CC1. The van der Waals surface area contributed by atoms with E-state index in [-0.39, 0.29) is 6.42 Å². The summed E-state index contributed by atoms with van der Waals surface area (Å²) in [5.74, 6) is 0.487. The van der Waals surface area contributed by atoms with Crippen LogP contribution in [0.5, 0.6) is 5.75 Å². The molecule has 0 radical (unpaired) electrons. The molecule has 0 spiro atoms. The molecule has 1 aliphatic carbocycles. The molecule has 4 nitrogen and oxygen atoms in total. The van der Waals surface area contributed by atoms with E-state index in [0.29, 0.717) is 18.3 Å². The number of hydrogen-bond acceptors (Lipinski definition) is 3. The first kappa shape index (κ1) is 11.9. The average Bonchev–Trinajstić information content (AvgIpc) is 3.09. The number of para-hydroxylation sites is 1. The van der Waals surface area contributed by atoms with Crippen LogP contribution in [0.25, 0.3) is 0 Å². The van der Waals surface area contributed by atoms with Gasteiger partial charge >= 0.3 is 5.97 Å². The second kappa shape index (κ2) is 5.19. The van der Waals surface area contributed by atoms with Gasteiger partial charge in [-0.25, -0.2) is 0 Å². The van der Waals surface area contributed by atoms with Crippen LogP contribution in [0.4, 0.5) is 0 Å². The molecule has 2 rings (SSSR count). The first-order chi connectivity index (χ1) is 8.16. The van der Waals surface area contributed by atoms with E-state index in [4.69, 9.17) is 15.6 Å². The summed E-state index contributed by atoms with van der Waals surface area (Å²) < 4.78 is 5.69. The molecule has 0 heterocycles. The molecular formula is C13H17NO3. The molecule has 1 fully saturated rings. The van der Waals surface area contributed by atoms with Crippen LogP contribution in [0.2, 0.25) is 0 Å². The fourth-order valence-corrected chi connectivity index (χ4v) is 1.71. The topological polar surface area (TPSA) is 72.6 Å². The van der Waals surface area contributed by atoms with Gasteiger partial charge in [-0.05, 0) is 24.8 Å². The lowest BCUT2D eigenvalue weighted by Gasteiger charge is -2.15. The molecule has 1 unspecified atom stereocenters. The van der Waals surface area contributed by atoms with Crippen LogP contribution in [0.15, 0.2) is 24.3 Å². The molecule has 92 valence electrons. The Balaban J connectivity index is 2.05. The van der Waals surface area contributed by atoms with Crippen LogP contribution in [-0.4, -0.2) is 17.7 Å². The Kier molecular flexibility index (Phi) is 3.64. The quantitative estimate of drug-likeness (QED) is 0.790. The van der Waals surface area contributed by atoms with Crippen molar-refractivity contribution in [3.8, 4) is 5.75 Å². The zero-order chi connectivity index (χ0) is 12.3. The van der Waals surface area contributed by atoms with Crippen LogP contribution in [0, 0.1) is 5.92 Å². The van der Waals surface area contributed by atoms with Crippen molar-refractivity contribution in [2.45, 2.75) is 25.3 Å². The van der Waals surface area contributed by atoms with E-state index in [1.165, 1.54) is 12.8 Å². The van der Waals surface area contributed by atoms with Crippen LogP contribution < -0.4 is 10.5 Å². The van der Waals surface area contributed by atoms with Gasteiger partial charge < -0.3 is 15.6 Å². The second-order valence-electron chi connectivity index (χ2n) is 4.50. The fourth-order valence-electron chi connectivity index (χ4n) is 1.71. The predicted octanol–water partition coefficient (Wildman–Crippen LogP) is 1.95. The van der Waals surface area contributed by atoms with Gasteiger partial charge in [-0.15, -0.1) is 0 Å². The minimum Gasteiger partial charge on any atom is -0.493 e. The summed E-state index contributed by atoms with van der Waals surface area (Å²) in [5.41, 5.74) is 6.63. The Hall–Kier alpha value is -1.55. The number of benzene rings is 1. The molecule has 1 saturated carbocycles. The summed E-state index contributed by atoms with van der Waals surface area (Å²) in [6, 6.07) is 6.89. The molecule has 0 bridgehead atoms. The lowest BCUT2D eigenvalue weighted by molar-refractivity contribution is -0.137. The van der Waals surface area contributed by atoms with Gasteiger partial charge in [0.1, 0.15) is 5.75 Å². The molecule has 0 aliphatic heterocycles. The maximum atomic E-state index is 10.6. The summed E-state index contributed by atoms with van der Waals surface area (Å²) in [7, 11) is 0. The summed E-state index contributed by atoms with van der Waals surface area (Å²) in [5, 5.41) is 8.74. The fraction of sp³-hybridized carbons (Fsp3) is 0.462. The number of nitrogens with two attached hydrogens (primary N) is 1. The molecule has 1 aliphatic rings. The Labute approximate surface area is 100 Å². The van der Waals surface area contributed by atoms with Gasteiger partial charge in [0, 0.05) is 11.6 Å². The van der Waals surface area contributed by atoms with Gasteiger partial charge in [0.15, 0.2) is 0 Å². The third kappa shape index (κ3) is 3.46. The molecule has 0 amide bonds. The average molecular weight is 235 g/mol. The van der Waals surface area contributed by atoms with Crippen molar-refractivity contribution in [1.29, 1.82) is 0 Å². The Morgan fingerprint density at radius 2 is 2.18 bits per heavy atom. The normalized spacial score (nSPS) is 16.5. The van der Waals surface area contributed by atoms with Crippen LogP contribution in [0.1, 0.15) is 30.9 Å². The number of carbonyl (C=O) groups is 1. The van der Waals surface area contributed by atoms with Gasteiger partial charge in [-0.3, -0.25) is 4.79 Å². The summed E-state index contributed by atoms with van der Waals surface area (Å²) in [4.78, 5) is 10.6. The number of rotatable bonds is 6. The predicted molar refractivity (Wildman–Crippen MR) is 63.8 cm³/mol. The summed E-state index contributed by atoms with van der Waals surface area (Å²) >= 11 is 0. The van der Waals surface area contributed by atoms with E-state index < -0.39 is 12.0 Å². The first-order valence-corrected chi connectivity index (χ1v) is 5.86. The van der Waals surface area contributed by atoms with E-state index in [9.17, 15) is 4.79 Å². The largest absolute Gasteiger partial charge is 0.493 e. The monoisotopic (exact) mass is 235 g/mol. The highest BCUT2D eigenvalue weighted by Gasteiger charge is 2.23. The number of carboxylic acids is 1. The van der Waals surface area contributed by atoms with E-state index in [1.807, 2.05) is 24.3 Å². The highest BCUT2D eigenvalue weighted by molar-refractivity contribution is 5.68. The van der Waals surface area contributed by atoms with Crippen molar-refractivity contribution in [3.05, 3.63) is 29.8 Å². The Morgan fingerprint density at radius 1 is 1.47 bits per heavy atom. The minimum atomic E-state index is -0.894. The zero-order valence-corrected chi connectivity index (χ0v) is 9.63. The Morgan fingerprint density at radius 3 is 2.82 bits per heavy atom. The molecule has 17 heavy (non-hydrogen) atoms. The number of carboxylic acid groups (broad SMARTS) is 1. The van der Waals surface area contributed by atoms with Gasteiger partial charge in [-0.2, -0.15) is 0 Å². The molecular weight excluding hydrogens is 218 g/mol. The van der Waals surface area contributed by atoms with Gasteiger partial charge in [0.25, 0.3) is 0 Å².